The van der Waals surface area contributed by atoms with Crippen LogP contribution in [0.5, 0.6) is 0 Å². The van der Waals surface area contributed by atoms with Gasteiger partial charge in [0.1, 0.15) is 12.2 Å². The molecule has 1 fully saturated rings. The third-order valence-electron chi connectivity index (χ3n) is 4.59. The van der Waals surface area contributed by atoms with Gasteiger partial charge in [0.25, 0.3) is 0 Å². The number of hydrogen-bond acceptors (Lipinski definition) is 5. The SMILES string of the molecule is C=C1[C@@H](O)CC/C(C)=C/[C@@H]2OC(=O)[C@H](C)[C@H]2C[C@H]1OC(C)=O. The van der Waals surface area contributed by atoms with E-state index < -0.39 is 18.2 Å². The minimum Gasteiger partial charge on any atom is -0.458 e. The zero-order chi connectivity index (χ0) is 16.4. The number of fused-ring (bicyclic) bond motifs is 1. The number of carbonyl (C=O) groups excluding carboxylic acids is 2. The number of rotatable bonds is 1. The molecule has 5 heteroatoms. The molecule has 0 spiro atoms. The second-order valence-corrected chi connectivity index (χ2v) is 6.33. The molecule has 1 saturated heterocycles. The van der Waals surface area contributed by atoms with Crippen molar-refractivity contribution < 1.29 is 24.2 Å². The molecule has 22 heavy (non-hydrogen) atoms. The fourth-order valence-electron chi connectivity index (χ4n) is 3.13. The van der Waals surface area contributed by atoms with Gasteiger partial charge in [-0.05, 0) is 37.8 Å². The molecule has 5 nitrogen and oxygen atoms in total. The topological polar surface area (TPSA) is 72.8 Å². The largest absolute Gasteiger partial charge is 0.458 e. The molecule has 0 amide bonds. The molecule has 0 saturated carbocycles. The third kappa shape index (κ3) is 3.58. The van der Waals surface area contributed by atoms with E-state index in [0.29, 0.717) is 24.8 Å². The van der Waals surface area contributed by atoms with Gasteiger partial charge in [-0.1, -0.05) is 19.1 Å². The Kier molecular flexibility index (Phi) is 5.06. The molecule has 0 unspecified atom stereocenters. The average Bonchev–Trinajstić information content (AvgIpc) is 2.69. The average molecular weight is 308 g/mol. The van der Waals surface area contributed by atoms with Crippen LogP contribution in [-0.4, -0.2) is 35.4 Å². The summed E-state index contributed by atoms with van der Waals surface area (Å²) in [6, 6.07) is 0. The summed E-state index contributed by atoms with van der Waals surface area (Å²) in [5, 5.41) is 10.2. The van der Waals surface area contributed by atoms with Gasteiger partial charge >= 0.3 is 11.9 Å². The van der Waals surface area contributed by atoms with Crippen molar-refractivity contribution in [3.05, 3.63) is 23.8 Å². The van der Waals surface area contributed by atoms with Gasteiger partial charge in [0.15, 0.2) is 0 Å². The van der Waals surface area contributed by atoms with Gasteiger partial charge in [-0.2, -0.15) is 0 Å². The second-order valence-electron chi connectivity index (χ2n) is 6.33. The Morgan fingerprint density at radius 1 is 1.50 bits per heavy atom. The van der Waals surface area contributed by atoms with E-state index >= 15 is 0 Å². The van der Waals surface area contributed by atoms with Crippen LogP contribution in [0.1, 0.15) is 40.0 Å². The lowest BCUT2D eigenvalue weighted by atomic mass is 9.82. The predicted octanol–water partition coefficient (Wildman–Crippen LogP) is 2.14. The van der Waals surface area contributed by atoms with Gasteiger partial charge in [0.05, 0.1) is 12.0 Å². The lowest BCUT2D eigenvalue weighted by Gasteiger charge is -2.29. The monoisotopic (exact) mass is 308 g/mol. The van der Waals surface area contributed by atoms with Crippen molar-refractivity contribution in [1.82, 2.24) is 0 Å². The number of esters is 2. The van der Waals surface area contributed by atoms with Gasteiger partial charge < -0.3 is 14.6 Å². The van der Waals surface area contributed by atoms with E-state index in [4.69, 9.17) is 9.47 Å². The first kappa shape index (κ1) is 16.7. The highest BCUT2D eigenvalue weighted by molar-refractivity contribution is 5.75. The quantitative estimate of drug-likeness (QED) is 0.593. The maximum Gasteiger partial charge on any atom is 0.309 e. The molecular formula is C17H24O5. The molecule has 1 aliphatic carbocycles. The van der Waals surface area contributed by atoms with Crippen LogP contribution in [0, 0.1) is 11.8 Å². The molecule has 1 heterocycles. The number of hydrogen-bond donors (Lipinski definition) is 1. The van der Waals surface area contributed by atoms with Crippen molar-refractivity contribution in [2.24, 2.45) is 11.8 Å². The number of aliphatic hydroxyl groups is 1. The van der Waals surface area contributed by atoms with Crippen LogP contribution in [0.4, 0.5) is 0 Å². The van der Waals surface area contributed by atoms with Crippen LogP contribution in [-0.2, 0) is 19.1 Å². The van der Waals surface area contributed by atoms with E-state index in [-0.39, 0.29) is 23.9 Å². The zero-order valence-corrected chi connectivity index (χ0v) is 13.4. The lowest BCUT2D eigenvalue weighted by molar-refractivity contribution is -0.146. The molecule has 1 N–H and O–H groups in total. The first-order chi connectivity index (χ1) is 10.3. The van der Waals surface area contributed by atoms with E-state index in [0.717, 1.165) is 5.57 Å². The fourth-order valence-corrected chi connectivity index (χ4v) is 3.13. The van der Waals surface area contributed by atoms with Crippen LogP contribution in [0.25, 0.3) is 0 Å². The van der Waals surface area contributed by atoms with E-state index in [9.17, 15) is 14.7 Å². The molecule has 122 valence electrons. The number of allylic oxidation sites excluding steroid dienone is 1. The van der Waals surface area contributed by atoms with Crippen molar-refractivity contribution >= 4 is 11.9 Å². The maximum atomic E-state index is 11.9. The van der Waals surface area contributed by atoms with Crippen molar-refractivity contribution in [3.8, 4) is 0 Å². The molecule has 2 rings (SSSR count). The van der Waals surface area contributed by atoms with Gasteiger partial charge in [-0.15, -0.1) is 0 Å². The number of carbonyl (C=O) groups is 2. The smallest absolute Gasteiger partial charge is 0.309 e. The Balaban J connectivity index is 2.32. The molecule has 2 aliphatic rings. The Bertz CT molecular complexity index is 507. The Labute approximate surface area is 131 Å². The molecule has 0 aromatic rings. The standard InChI is InChI=1S/C17H24O5/c1-9-5-6-14(19)11(3)15(21-12(4)18)8-13-10(2)17(20)22-16(13)7-9/h7,10,13-16,19H,3,5-6,8H2,1-2,4H3/b9-7+/t10-,13-,14+,15-,16+/m1/s1. The zero-order valence-electron chi connectivity index (χ0n) is 13.4. The first-order valence-corrected chi connectivity index (χ1v) is 7.71. The van der Waals surface area contributed by atoms with E-state index in [1.807, 2.05) is 19.9 Å². The van der Waals surface area contributed by atoms with Crippen molar-refractivity contribution in [3.63, 3.8) is 0 Å². The van der Waals surface area contributed by atoms with Crippen LogP contribution in [0.2, 0.25) is 0 Å². The minimum atomic E-state index is -0.724. The summed E-state index contributed by atoms with van der Waals surface area (Å²) in [6.45, 7) is 9.04. The number of ether oxygens (including phenoxy) is 2. The van der Waals surface area contributed by atoms with Crippen molar-refractivity contribution in [1.29, 1.82) is 0 Å². The van der Waals surface area contributed by atoms with Gasteiger partial charge in [-0.3, -0.25) is 9.59 Å². The summed E-state index contributed by atoms with van der Waals surface area (Å²) in [7, 11) is 0. The summed E-state index contributed by atoms with van der Waals surface area (Å²) in [5.41, 5.74) is 1.57. The molecule has 5 atom stereocenters. The normalized spacial score (nSPS) is 38.5. The molecular weight excluding hydrogens is 284 g/mol. The summed E-state index contributed by atoms with van der Waals surface area (Å²) < 4.78 is 10.8. The highest BCUT2D eigenvalue weighted by Crippen LogP contribution is 2.36. The van der Waals surface area contributed by atoms with Gasteiger partial charge in [0.2, 0.25) is 0 Å². The van der Waals surface area contributed by atoms with E-state index in [2.05, 4.69) is 6.58 Å². The van der Waals surface area contributed by atoms with Gasteiger partial charge in [0, 0.05) is 12.8 Å². The summed E-state index contributed by atoms with van der Waals surface area (Å²) in [4.78, 5) is 23.2. The number of aliphatic hydroxyl groups excluding tert-OH is 1. The summed E-state index contributed by atoms with van der Waals surface area (Å²) in [5.74, 6) is -1.01. The predicted molar refractivity (Wildman–Crippen MR) is 80.8 cm³/mol. The van der Waals surface area contributed by atoms with Crippen molar-refractivity contribution in [2.45, 2.75) is 58.3 Å². The fraction of sp³-hybridized carbons (Fsp3) is 0.647. The van der Waals surface area contributed by atoms with E-state index in [1.54, 1.807) is 0 Å². The molecule has 0 bridgehead atoms. The maximum absolute atomic E-state index is 11.9. The first-order valence-electron chi connectivity index (χ1n) is 7.71. The highest BCUT2D eigenvalue weighted by Gasteiger charge is 2.43. The third-order valence-corrected chi connectivity index (χ3v) is 4.59. The second kappa shape index (κ2) is 6.65. The van der Waals surface area contributed by atoms with Crippen LogP contribution >= 0.6 is 0 Å². The van der Waals surface area contributed by atoms with Crippen LogP contribution in [0.15, 0.2) is 23.8 Å². The van der Waals surface area contributed by atoms with Crippen LogP contribution < -0.4 is 0 Å². The van der Waals surface area contributed by atoms with Crippen LogP contribution in [0.3, 0.4) is 0 Å². The molecule has 1 aliphatic heterocycles. The summed E-state index contributed by atoms with van der Waals surface area (Å²) in [6.07, 6.45) is 1.96. The lowest BCUT2D eigenvalue weighted by Crippen LogP contribution is -2.32. The highest BCUT2D eigenvalue weighted by atomic mass is 16.6. The Morgan fingerprint density at radius 3 is 2.82 bits per heavy atom. The van der Waals surface area contributed by atoms with Gasteiger partial charge in [-0.25, -0.2) is 0 Å². The summed E-state index contributed by atoms with van der Waals surface area (Å²) >= 11 is 0. The molecule has 0 radical (unpaired) electrons. The molecule has 0 aromatic heterocycles. The van der Waals surface area contributed by atoms with Crippen molar-refractivity contribution in [2.75, 3.05) is 0 Å². The molecule has 0 aromatic carbocycles. The Morgan fingerprint density at radius 2 is 2.18 bits per heavy atom. The Hall–Kier alpha value is -1.62. The minimum absolute atomic E-state index is 0.0890. The van der Waals surface area contributed by atoms with E-state index in [1.165, 1.54) is 6.92 Å².